The lowest BCUT2D eigenvalue weighted by molar-refractivity contribution is -0.101. The van der Waals surface area contributed by atoms with E-state index in [0.717, 1.165) is 24.5 Å². The van der Waals surface area contributed by atoms with E-state index in [-0.39, 0.29) is 45.8 Å². The molecule has 14 heteroatoms. The van der Waals surface area contributed by atoms with Gasteiger partial charge in [0.25, 0.3) is 5.91 Å². The van der Waals surface area contributed by atoms with Crippen molar-refractivity contribution in [2.24, 2.45) is 5.92 Å². The van der Waals surface area contributed by atoms with Gasteiger partial charge >= 0.3 is 0 Å². The van der Waals surface area contributed by atoms with E-state index in [0.29, 0.717) is 73.3 Å². The molecule has 0 radical (unpaired) electrons. The van der Waals surface area contributed by atoms with Crippen LogP contribution in [0.2, 0.25) is 0 Å². The molecule has 1 amide bonds. The summed E-state index contributed by atoms with van der Waals surface area (Å²) >= 11 is 3.25. The van der Waals surface area contributed by atoms with Crippen molar-refractivity contribution in [1.82, 2.24) is 9.55 Å². The van der Waals surface area contributed by atoms with Gasteiger partial charge in [-0.1, -0.05) is 28.1 Å². The molecule has 2 fully saturated rings. The number of halogens is 3. The predicted octanol–water partition coefficient (Wildman–Crippen LogP) is 7.35. The molecule has 2 saturated heterocycles. The van der Waals surface area contributed by atoms with E-state index in [9.17, 15) is 9.59 Å². The van der Waals surface area contributed by atoms with Gasteiger partial charge in [-0.15, -0.1) is 0 Å². The number of rotatable bonds is 11. The number of nitrogen functional groups attached to an aromatic ring is 1. The van der Waals surface area contributed by atoms with Crippen LogP contribution in [0.15, 0.2) is 88.5 Å². The third-order valence-electron chi connectivity index (χ3n) is 9.60. The smallest absolute Gasteiger partial charge is 0.261 e. The number of hydrogen-bond acceptors (Lipinski definition) is 9. The van der Waals surface area contributed by atoms with Gasteiger partial charge in [0.05, 0.1) is 26.9 Å². The number of nitrogens with one attached hydrogen (secondary N) is 1. The number of nitrogens with zero attached hydrogens (tertiary/aromatic N) is 2. The maximum absolute atomic E-state index is 15.9. The Morgan fingerprint density at radius 2 is 1.69 bits per heavy atom. The van der Waals surface area contributed by atoms with Crippen molar-refractivity contribution in [3.05, 3.63) is 111 Å². The van der Waals surface area contributed by atoms with Gasteiger partial charge in [0.2, 0.25) is 5.43 Å². The third kappa shape index (κ3) is 8.89. The number of ether oxygens (including phenoxy) is 5. The molecule has 0 aliphatic carbocycles. The zero-order chi connectivity index (χ0) is 38.5. The minimum Gasteiger partial charge on any atom is -0.493 e. The molecule has 0 spiro atoms. The number of anilines is 2. The zero-order valence-corrected chi connectivity index (χ0v) is 31.6. The first-order chi connectivity index (χ1) is 26.7. The first-order valence-electron chi connectivity index (χ1n) is 17.8. The quantitative estimate of drug-likeness (QED) is 0.140. The van der Waals surface area contributed by atoms with Gasteiger partial charge in [-0.25, -0.2) is 13.8 Å². The van der Waals surface area contributed by atoms with Crippen molar-refractivity contribution in [3.8, 4) is 44.9 Å². The normalized spacial score (nSPS) is 16.1. The van der Waals surface area contributed by atoms with Crippen LogP contribution in [0.5, 0.6) is 11.5 Å². The molecule has 2 aliphatic heterocycles. The number of aromatic nitrogens is 2. The van der Waals surface area contributed by atoms with Crippen molar-refractivity contribution < 1.29 is 37.3 Å². The SMILES string of the molecule is COc1cc(-c2cnc(N)c(-c3ccc(NC(=O)c4cn(CC5CCOCC5)cc(-c5ccc(Br)cc5F)c4=O)cc3F)c2)ccc1OC[C@H]1COCCO1. The highest BCUT2D eigenvalue weighted by molar-refractivity contribution is 9.10. The molecule has 11 nitrogen and oxygen atoms in total. The molecule has 286 valence electrons. The molecule has 0 saturated carbocycles. The number of nitrogens with two attached hydrogens (primary N) is 1. The molecule has 7 rings (SSSR count). The Morgan fingerprint density at radius 1 is 0.909 bits per heavy atom. The van der Waals surface area contributed by atoms with Gasteiger partial charge in [0.1, 0.15) is 35.7 Å². The van der Waals surface area contributed by atoms with Crippen molar-refractivity contribution in [2.45, 2.75) is 25.5 Å². The lowest BCUT2D eigenvalue weighted by atomic mass is 9.99. The maximum atomic E-state index is 15.9. The summed E-state index contributed by atoms with van der Waals surface area (Å²) in [6.45, 7) is 3.56. The van der Waals surface area contributed by atoms with Crippen LogP contribution in [0.4, 0.5) is 20.3 Å². The minimum absolute atomic E-state index is 0.0398. The van der Waals surface area contributed by atoms with Gasteiger partial charge < -0.3 is 39.3 Å². The molecule has 2 aromatic heterocycles. The lowest BCUT2D eigenvalue weighted by Gasteiger charge is -2.23. The van der Waals surface area contributed by atoms with Crippen LogP contribution in [0.1, 0.15) is 23.2 Å². The van der Waals surface area contributed by atoms with Crippen LogP contribution in [-0.2, 0) is 20.8 Å². The van der Waals surface area contributed by atoms with Crippen LogP contribution in [0.3, 0.4) is 0 Å². The topological polar surface area (TPSA) is 136 Å². The minimum atomic E-state index is -0.763. The molecule has 0 unspecified atom stereocenters. The second-order valence-electron chi connectivity index (χ2n) is 13.3. The number of methoxy groups -OCH3 is 1. The molecule has 3 aromatic carbocycles. The predicted molar refractivity (Wildman–Crippen MR) is 207 cm³/mol. The number of benzene rings is 3. The Balaban J connectivity index is 1.13. The van der Waals surface area contributed by atoms with Gasteiger partial charge in [-0.2, -0.15) is 0 Å². The van der Waals surface area contributed by atoms with Crippen molar-refractivity contribution >= 4 is 33.3 Å². The van der Waals surface area contributed by atoms with Gasteiger partial charge in [-0.3, -0.25) is 9.59 Å². The number of pyridine rings is 2. The fraction of sp³-hybridized carbons (Fsp3) is 0.293. The number of hydrogen-bond donors (Lipinski definition) is 2. The molecule has 55 heavy (non-hydrogen) atoms. The van der Waals surface area contributed by atoms with Gasteiger partial charge in [0.15, 0.2) is 11.5 Å². The number of carbonyl (C=O) groups is 1. The fourth-order valence-electron chi connectivity index (χ4n) is 6.67. The fourth-order valence-corrected chi connectivity index (χ4v) is 7.00. The van der Waals surface area contributed by atoms with Gasteiger partial charge in [0, 0.05) is 76.3 Å². The van der Waals surface area contributed by atoms with Gasteiger partial charge in [-0.05, 0) is 72.9 Å². The highest BCUT2D eigenvalue weighted by Gasteiger charge is 2.22. The van der Waals surface area contributed by atoms with E-state index in [1.165, 1.54) is 37.6 Å². The van der Waals surface area contributed by atoms with Crippen LogP contribution in [0, 0.1) is 17.6 Å². The molecule has 5 aromatic rings. The summed E-state index contributed by atoms with van der Waals surface area (Å²) in [6.07, 6.45) is 6.06. The average Bonchev–Trinajstić information content (AvgIpc) is 3.19. The summed E-state index contributed by atoms with van der Waals surface area (Å²) in [5, 5.41) is 2.65. The Labute approximate surface area is 324 Å². The van der Waals surface area contributed by atoms with E-state index < -0.39 is 23.0 Å². The van der Waals surface area contributed by atoms with E-state index in [1.807, 2.05) is 6.07 Å². The standard InChI is InChI=1S/C41H39BrF2N4O7/c1-51-38-15-25(2-7-37(38)55-23-29-22-53-12-13-54-29)26-14-32(40(45)46-18-26)30-6-4-28(17-36(30)44)47-41(50)34-21-48(19-24-8-10-52-11-9-24)20-33(39(34)49)31-5-3-27(42)16-35(31)43/h2-7,14-18,20-21,24,29H,8-13,19,22-23H2,1H3,(H2,45,46)(H,47,50)/t29-/m1/s1. The van der Waals surface area contributed by atoms with Crippen molar-refractivity contribution in [3.63, 3.8) is 0 Å². The van der Waals surface area contributed by atoms with E-state index >= 15 is 8.78 Å². The third-order valence-corrected chi connectivity index (χ3v) is 10.1. The lowest BCUT2D eigenvalue weighted by Crippen LogP contribution is -2.33. The molecule has 3 N–H and O–H groups in total. The highest BCUT2D eigenvalue weighted by atomic mass is 79.9. The average molecular weight is 818 g/mol. The van der Waals surface area contributed by atoms with Crippen LogP contribution in [-0.4, -0.2) is 68.3 Å². The van der Waals surface area contributed by atoms with Crippen LogP contribution in [0.25, 0.3) is 33.4 Å². The summed E-state index contributed by atoms with van der Waals surface area (Å²) in [5.74, 6) is -0.695. The molecular formula is C41H39BrF2N4O7. The molecule has 0 bridgehead atoms. The van der Waals surface area contributed by atoms with Crippen LogP contribution >= 0.6 is 15.9 Å². The summed E-state index contributed by atoms with van der Waals surface area (Å²) in [7, 11) is 1.54. The Hall–Kier alpha value is -5.15. The summed E-state index contributed by atoms with van der Waals surface area (Å²) in [4.78, 5) is 31.8. The second kappa shape index (κ2) is 17.1. The van der Waals surface area contributed by atoms with E-state index in [2.05, 4.69) is 26.2 Å². The maximum Gasteiger partial charge on any atom is 0.261 e. The first kappa shape index (κ1) is 38.1. The van der Waals surface area contributed by atoms with E-state index in [1.54, 1.807) is 41.2 Å². The Kier molecular flexibility index (Phi) is 11.9. The molecule has 4 heterocycles. The first-order valence-corrected chi connectivity index (χ1v) is 18.6. The summed E-state index contributed by atoms with van der Waals surface area (Å²) in [5.41, 5.74) is 7.46. The molecule has 1 atom stereocenters. The van der Waals surface area contributed by atoms with Crippen LogP contribution < -0.4 is 26.0 Å². The number of amides is 1. The summed E-state index contributed by atoms with van der Waals surface area (Å²) in [6, 6.07) is 15.6. The summed E-state index contributed by atoms with van der Waals surface area (Å²) < 4.78 is 61.4. The number of carbonyl (C=O) groups excluding carboxylic acids is 1. The van der Waals surface area contributed by atoms with E-state index in [4.69, 9.17) is 29.4 Å². The largest absolute Gasteiger partial charge is 0.493 e. The molecular weight excluding hydrogens is 778 g/mol. The Morgan fingerprint density at radius 3 is 2.44 bits per heavy atom. The monoisotopic (exact) mass is 816 g/mol. The second-order valence-corrected chi connectivity index (χ2v) is 14.3. The van der Waals surface area contributed by atoms with Crippen molar-refractivity contribution in [2.75, 3.05) is 57.8 Å². The molecule has 2 aliphatic rings. The highest BCUT2D eigenvalue weighted by Crippen LogP contribution is 2.36. The zero-order valence-electron chi connectivity index (χ0n) is 30.0. The van der Waals surface area contributed by atoms with Crippen molar-refractivity contribution in [1.29, 1.82) is 0 Å². The Bertz CT molecular complexity index is 2260.